The molecular weight excluding hydrogens is 488 g/mol. The van der Waals surface area contributed by atoms with Gasteiger partial charge >= 0.3 is 11.7 Å². The number of esters is 1. The predicted molar refractivity (Wildman–Crippen MR) is 141 cm³/mol. The van der Waals surface area contributed by atoms with Gasteiger partial charge in [0.25, 0.3) is 11.5 Å². The van der Waals surface area contributed by atoms with Crippen LogP contribution in [0.1, 0.15) is 57.9 Å². The van der Waals surface area contributed by atoms with Crippen LogP contribution in [0.3, 0.4) is 0 Å². The summed E-state index contributed by atoms with van der Waals surface area (Å²) < 4.78 is 6.80. The standard InChI is InChI=1S/C28H36N4O6/c1-17(2)13-31(22-23(29)32(26(36)30-24(22)34)14-18-6-4-3-5-7-18)21(33)15-38-25(35)27-9-19-8-20(10-27)12-28(37,11-19)16-27/h3-7,17,19-20,37H,8-16,29H2,1-2H3,(H,30,34,36)/t19-,20-,27?,28?/m0/s1. The lowest BCUT2D eigenvalue weighted by Crippen LogP contribution is -2.58. The lowest BCUT2D eigenvalue weighted by atomic mass is 9.48. The fraction of sp³-hybridized carbons (Fsp3) is 0.571. The van der Waals surface area contributed by atoms with E-state index in [1.807, 2.05) is 44.2 Å². The molecule has 204 valence electrons. The number of anilines is 2. The third kappa shape index (κ3) is 4.89. The number of nitrogens with two attached hydrogens (primary N) is 1. The summed E-state index contributed by atoms with van der Waals surface area (Å²) in [6, 6.07) is 9.16. The summed E-state index contributed by atoms with van der Waals surface area (Å²) in [5, 5.41) is 11.0. The number of aromatic amines is 1. The van der Waals surface area contributed by atoms with E-state index in [1.165, 1.54) is 9.47 Å². The molecule has 0 spiro atoms. The maximum atomic E-state index is 13.4. The number of H-pyrrole nitrogens is 1. The van der Waals surface area contributed by atoms with Crippen molar-refractivity contribution >= 4 is 23.4 Å². The summed E-state index contributed by atoms with van der Waals surface area (Å²) in [5.41, 5.74) is 3.95. The fourth-order valence-corrected chi connectivity index (χ4v) is 7.26. The third-order valence-electron chi connectivity index (χ3n) is 8.31. The first-order valence-corrected chi connectivity index (χ1v) is 13.4. The van der Waals surface area contributed by atoms with Crippen LogP contribution in [0.25, 0.3) is 0 Å². The fourth-order valence-electron chi connectivity index (χ4n) is 7.26. The van der Waals surface area contributed by atoms with E-state index in [2.05, 4.69) is 4.98 Å². The highest BCUT2D eigenvalue weighted by atomic mass is 16.5. The molecule has 4 saturated carbocycles. The predicted octanol–water partition coefficient (Wildman–Crippen LogP) is 2.03. The zero-order valence-corrected chi connectivity index (χ0v) is 21.9. The Hall–Kier alpha value is -3.40. The van der Waals surface area contributed by atoms with Crippen molar-refractivity contribution < 1.29 is 19.4 Å². The SMILES string of the molecule is CC(C)CN(C(=O)COC(=O)C12C[C@@H]3C[C@H](CC(O)(C3)C1)C2)c1c(N)n(Cc2ccccc2)c(=O)[nH]c1=O. The second-order valence-corrected chi connectivity index (χ2v) is 12.0. The lowest BCUT2D eigenvalue weighted by Gasteiger charge is -2.58. The number of hydrogen-bond donors (Lipinski definition) is 3. The molecule has 2 aromatic rings. The molecular formula is C28H36N4O6. The highest BCUT2D eigenvalue weighted by Crippen LogP contribution is 2.62. The van der Waals surface area contributed by atoms with Gasteiger partial charge in [-0.25, -0.2) is 4.79 Å². The normalized spacial score (nSPS) is 27.5. The molecule has 1 aromatic heterocycles. The third-order valence-corrected chi connectivity index (χ3v) is 8.31. The number of nitrogens with zero attached hydrogens (tertiary/aromatic N) is 2. The maximum absolute atomic E-state index is 13.4. The summed E-state index contributed by atoms with van der Waals surface area (Å²) in [6.45, 7) is 3.46. The number of carbonyl (C=O) groups excluding carboxylic acids is 2. The quantitative estimate of drug-likeness (QED) is 0.448. The number of benzene rings is 1. The Kier molecular flexibility index (Phi) is 6.71. The molecule has 4 N–H and O–H groups in total. The number of nitrogen functional groups attached to an aromatic ring is 1. The van der Waals surface area contributed by atoms with E-state index in [0.29, 0.717) is 31.1 Å². The van der Waals surface area contributed by atoms with Gasteiger partial charge < -0.3 is 20.5 Å². The Morgan fingerprint density at radius 3 is 2.42 bits per heavy atom. The van der Waals surface area contributed by atoms with Crippen molar-refractivity contribution in [1.82, 2.24) is 9.55 Å². The van der Waals surface area contributed by atoms with Crippen molar-refractivity contribution in [3.05, 3.63) is 56.7 Å². The molecule has 4 aliphatic rings. The molecule has 4 aliphatic carbocycles. The van der Waals surface area contributed by atoms with Gasteiger partial charge in [0.1, 0.15) is 5.82 Å². The molecule has 1 amide bonds. The molecule has 1 heterocycles. The van der Waals surface area contributed by atoms with Gasteiger partial charge in [0.05, 0.1) is 17.6 Å². The van der Waals surface area contributed by atoms with Gasteiger partial charge in [0.15, 0.2) is 12.3 Å². The first-order chi connectivity index (χ1) is 18.0. The van der Waals surface area contributed by atoms with Crippen LogP contribution in [0.2, 0.25) is 0 Å². The second kappa shape index (κ2) is 9.72. The largest absolute Gasteiger partial charge is 0.455 e. The highest BCUT2D eigenvalue weighted by molar-refractivity contribution is 5.97. The molecule has 0 saturated heterocycles. The van der Waals surface area contributed by atoms with Crippen molar-refractivity contribution in [3.8, 4) is 0 Å². The van der Waals surface area contributed by atoms with Gasteiger partial charge in [-0.1, -0.05) is 44.2 Å². The Morgan fingerprint density at radius 2 is 1.82 bits per heavy atom. The van der Waals surface area contributed by atoms with Crippen molar-refractivity contribution in [2.24, 2.45) is 23.2 Å². The van der Waals surface area contributed by atoms with Crippen LogP contribution in [0, 0.1) is 23.2 Å². The first kappa shape index (κ1) is 26.2. The van der Waals surface area contributed by atoms with Gasteiger partial charge in [-0.15, -0.1) is 0 Å². The average molecular weight is 525 g/mol. The van der Waals surface area contributed by atoms with E-state index in [9.17, 15) is 24.3 Å². The van der Waals surface area contributed by atoms with Crippen LogP contribution in [-0.2, 0) is 20.9 Å². The minimum atomic E-state index is -0.828. The number of ether oxygens (including phenoxy) is 1. The zero-order chi connectivity index (χ0) is 27.2. The minimum Gasteiger partial charge on any atom is -0.455 e. The molecule has 0 unspecified atom stereocenters. The molecule has 6 rings (SSSR count). The molecule has 38 heavy (non-hydrogen) atoms. The van der Waals surface area contributed by atoms with Gasteiger partial charge in [-0.3, -0.25) is 23.9 Å². The number of nitrogens with one attached hydrogen (secondary N) is 1. The van der Waals surface area contributed by atoms with Crippen LogP contribution in [0.4, 0.5) is 11.5 Å². The summed E-state index contributed by atoms with van der Waals surface area (Å²) in [4.78, 5) is 55.8. The summed E-state index contributed by atoms with van der Waals surface area (Å²) in [7, 11) is 0. The average Bonchev–Trinajstić information content (AvgIpc) is 2.83. The minimum absolute atomic E-state index is 0.0413. The Balaban J connectivity index is 1.38. The monoisotopic (exact) mass is 524 g/mol. The van der Waals surface area contributed by atoms with E-state index in [1.54, 1.807) is 0 Å². The molecule has 2 atom stereocenters. The van der Waals surface area contributed by atoms with E-state index >= 15 is 0 Å². The van der Waals surface area contributed by atoms with Crippen LogP contribution >= 0.6 is 0 Å². The first-order valence-electron chi connectivity index (χ1n) is 13.4. The number of aliphatic hydroxyl groups is 1. The molecule has 1 aromatic carbocycles. The molecule has 4 fully saturated rings. The molecule has 0 aliphatic heterocycles. The maximum Gasteiger partial charge on any atom is 0.330 e. The smallest absolute Gasteiger partial charge is 0.330 e. The zero-order valence-electron chi connectivity index (χ0n) is 21.9. The van der Waals surface area contributed by atoms with Gasteiger partial charge in [0.2, 0.25) is 0 Å². The van der Waals surface area contributed by atoms with Gasteiger partial charge in [0, 0.05) is 6.54 Å². The Bertz CT molecular complexity index is 1330. The Morgan fingerprint density at radius 1 is 1.16 bits per heavy atom. The van der Waals surface area contributed by atoms with Gasteiger partial charge in [-0.2, -0.15) is 0 Å². The van der Waals surface area contributed by atoms with Crippen LogP contribution in [-0.4, -0.2) is 45.3 Å². The topological polar surface area (TPSA) is 148 Å². The van der Waals surface area contributed by atoms with E-state index < -0.39 is 40.7 Å². The van der Waals surface area contributed by atoms with Crippen LogP contribution in [0.15, 0.2) is 39.9 Å². The number of carbonyl (C=O) groups is 2. The van der Waals surface area contributed by atoms with E-state index in [0.717, 1.165) is 24.8 Å². The van der Waals surface area contributed by atoms with Crippen molar-refractivity contribution in [2.45, 2.75) is 64.5 Å². The number of hydrogen-bond acceptors (Lipinski definition) is 7. The van der Waals surface area contributed by atoms with Crippen LogP contribution in [0.5, 0.6) is 0 Å². The number of aromatic nitrogens is 2. The summed E-state index contributed by atoms with van der Waals surface area (Å²) in [6.07, 6.45) is 4.18. The Labute approximate surface area is 220 Å². The highest BCUT2D eigenvalue weighted by Gasteiger charge is 2.61. The lowest BCUT2D eigenvalue weighted by molar-refractivity contribution is -0.196. The molecule has 0 radical (unpaired) electrons. The number of amides is 1. The number of rotatable bonds is 8. The molecule has 10 heteroatoms. The van der Waals surface area contributed by atoms with Crippen molar-refractivity contribution in [3.63, 3.8) is 0 Å². The van der Waals surface area contributed by atoms with Gasteiger partial charge in [-0.05, 0) is 61.8 Å². The van der Waals surface area contributed by atoms with Crippen molar-refractivity contribution in [1.29, 1.82) is 0 Å². The molecule has 10 nitrogen and oxygen atoms in total. The summed E-state index contributed by atoms with van der Waals surface area (Å²) in [5.74, 6) is -0.639. The van der Waals surface area contributed by atoms with E-state index in [4.69, 9.17) is 10.5 Å². The molecule has 4 bridgehead atoms. The second-order valence-electron chi connectivity index (χ2n) is 12.0. The summed E-state index contributed by atoms with van der Waals surface area (Å²) >= 11 is 0. The van der Waals surface area contributed by atoms with Crippen LogP contribution < -0.4 is 21.9 Å². The van der Waals surface area contributed by atoms with E-state index in [-0.39, 0.29) is 30.5 Å². The van der Waals surface area contributed by atoms with Crippen molar-refractivity contribution in [2.75, 3.05) is 23.8 Å².